The van der Waals surface area contributed by atoms with E-state index in [1.54, 1.807) is 11.6 Å². The lowest BCUT2D eigenvalue weighted by atomic mass is 9.63. The number of aryl methyl sites for hydroxylation is 1. The van der Waals surface area contributed by atoms with Gasteiger partial charge >= 0.3 is 0 Å². The zero-order valence-electron chi connectivity index (χ0n) is 28.1. The number of thiophene rings is 1. The number of aliphatic hydroxyl groups is 1. The molecule has 5 atom stereocenters. The Hall–Kier alpha value is -3.58. The molecule has 3 aliphatic heterocycles. The van der Waals surface area contributed by atoms with Crippen LogP contribution in [0.4, 0.5) is 10.8 Å². The van der Waals surface area contributed by atoms with Gasteiger partial charge in [0.25, 0.3) is 0 Å². The second-order valence-corrected chi connectivity index (χ2v) is 18.3. The Morgan fingerprint density at radius 2 is 1.96 bits per heavy atom. The van der Waals surface area contributed by atoms with E-state index in [2.05, 4.69) is 30.1 Å². The summed E-state index contributed by atoms with van der Waals surface area (Å²) in [5.41, 5.74) is 8.33. The first-order chi connectivity index (χ1) is 23.4. The van der Waals surface area contributed by atoms with Crippen LogP contribution in [0, 0.1) is 11.3 Å². The van der Waals surface area contributed by atoms with Crippen LogP contribution in [0.5, 0.6) is 0 Å². The molecule has 3 N–H and O–H groups in total. The van der Waals surface area contributed by atoms with Crippen molar-refractivity contribution in [2.75, 3.05) is 36.5 Å². The van der Waals surface area contributed by atoms with Crippen LogP contribution in [-0.2, 0) is 28.1 Å². The molecule has 258 valence electrons. The molecule has 2 aliphatic carbocycles. The van der Waals surface area contributed by atoms with Crippen molar-refractivity contribution in [3.8, 4) is 17.6 Å². The zero-order chi connectivity index (χ0) is 34.0. The Bertz CT molecular complexity index is 2180. The molecule has 2 fully saturated rings. The van der Waals surface area contributed by atoms with Crippen LogP contribution in [-0.4, -0.2) is 86.9 Å². The first-order valence-electron chi connectivity index (χ1n) is 17.5. The number of likely N-dealkylation sites (N-methyl/N-ethyl adjacent to an activating group) is 1. The van der Waals surface area contributed by atoms with Crippen molar-refractivity contribution in [1.29, 1.82) is 5.26 Å². The molecule has 9 rings (SSSR count). The molecule has 0 aromatic carbocycles. The van der Waals surface area contributed by atoms with Gasteiger partial charge < -0.3 is 25.2 Å². The van der Waals surface area contributed by atoms with Crippen molar-refractivity contribution < 1.29 is 18.0 Å². The summed E-state index contributed by atoms with van der Waals surface area (Å²) in [6.45, 7) is 5.08. The SMILES string of the molecule is C[C@@H]([C@@H]1CCCN1C)n1nc2c3c(nc(-c4noc5c4CCC[C@@]54CCCc5sc(N)c(C#N)c54)nc31)N1C[C@](C)(O)CC[C@@H]1CS2(=O)=O. The van der Waals surface area contributed by atoms with Gasteiger partial charge in [0, 0.05) is 29.1 Å². The van der Waals surface area contributed by atoms with Gasteiger partial charge in [0.2, 0.25) is 0 Å². The number of nitriles is 1. The maximum absolute atomic E-state index is 14.1. The van der Waals surface area contributed by atoms with Crippen LogP contribution in [0.2, 0.25) is 0 Å². The minimum absolute atomic E-state index is 0.0144. The number of nitrogen functional groups attached to an aromatic ring is 1. The number of aromatic nitrogens is 5. The second kappa shape index (κ2) is 10.7. The normalized spacial score (nSPS) is 29.7. The van der Waals surface area contributed by atoms with E-state index in [9.17, 15) is 18.8 Å². The third-order valence-corrected chi connectivity index (χ3v) is 14.8. The van der Waals surface area contributed by atoms with E-state index >= 15 is 0 Å². The number of piperidine rings is 1. The van der Waals surface area contributed by atoms with Gasteiger partial charge in [-0.3, -0.25) is 0 Å². The Morgan fingerprint density at radius 1 is 1.16 bits per heavy atom. The van der Waals surface area contributed by atoms with Crippen LogP contribution in [0.1, 0.15) is 98.6 Å². The Balaban J connectivity index is 1.28. The summed E-state index contributed by atoms with van der Waals surface area (Å²) < 4.78 is 36.2. The van der Waals surface area contributed by atoms with Gasteiger partial charge in [0.15, 0.2) is 37.8 Å². The third-order valence-electron chi connectivity index (χ3n) is 12.0. The summed E-state index contributed by atoms with van der Waals surface area (Å²) in [7, 11) is -1.70. The van der Waals surface area contributed by atoms with E-state index < -0.39 is 20.9 Å². The molecular weight excluding hydrogens is 663 g/mol. The number of anilines is 2. The van der Waals surface area contributed by atoms with E-state index in [1.165, 1.54) is 11.3 Å². The Labute approximate surface area is 289 Å². The maximum atomic E-state index is 14.1. The molecule has 0 radical (unpaired) electrons. The molecule has 2 saturated heterocycles. The number of nitrogens with two attached hydrogens (primary N) is 1. The summed E-state index contributed by atoms with van der Waals surface area (Å²) in [6.07, 6.45) is 8.14. The van der Waals surface area contributed by atoms with Crippen molar-refractivity contribution >= 4 is 43.0 Å². The smallest absolute Gasteiger partial charge is 0.200 e. The minimum Gasteiger partial charge on any atom is -0.389 e. The summed E-state index contributed by atoms with van der Waals surface area (Å²) in [6, 6.07) is 2.04. The monoisotopic (exact) mass is 703 g/mol. The van der Waals surface area contributed by atoms with E-state index in [0.29, 0.717) is 58.2 Å². The molecule has 4 aromatic rings. The number of nitrogens with zero attached hydrogens (tertiary/aromatic N) is 8. The highest BCUT2D eigenvalue weighted by Gasteiger charge is 2.50. The first kappa shape index (κ1) is 31.4. The second-order valence-electron chi connectivity index (χ2n) is 15.2. The van der Waals surface area contributed by atoms with Crippen molar-refractivity contribution in [3.05, 3.63) is 27.3 Å². The predicted molar refractivity (Wildman–Crippen MR) is 184 cm³/mol. The van der Waals surface area contributed by atoms with Crippen LogP contribution in [0.15, 0.2) is 9.55 Å². The zero-order valence-corrected chi connectivity index (χ0v) is 29.7. The lowest BCUT2D eigenvalue weighted by Crippen LogP contribution is -2.53. The van der Waals surface area contributed by atoms with E-state index in [-0.39, 0.29) is 35.4 Å². The van der Waals surface area contributed by atoms with Crippen molar-refractivity contribution in [1.82, 2.24) is 29.8 Å². The van der Waals surface area contributed by atoms with Gasteiger partial charge in [-0.2, -0.15) is 10.4 Å². The minimum atomic E-state index is -3.79. The fraction of sp³-hybridized carbons (Fsp3) is 0.618. The van der Waals surface area contributed by atoms with Crippen molar-refractivity contribution in [2.24, 2.45) is 0 Å². The van der Waals surface area contributed by atoms with Gasteiger partial charge in [0.05, 0.1) is 28.4 Å². The van der Waals surface area contributed by atoms with E-state index in [1.807, 2.05) is 4.90 Å². The average Bonchev–Trinajstić information content (AvgIpc) is 3.84. The molecule has 0 unspecified atom stereocenters. The van der Waals surface area contributed by atoms with Gasteiger partial charge in [0.1, 0.15) is 22.3 Å². The highest BCUT2D eigenvalue weighted by Crippen LogP contribution is 2.55. The fourth-order valence-corrected chi connectivity index (χ4v) is 12.6. The molecular formula is C34H41N9O4S2. The van der Waals surface area contributed by atoms with Crippen LogP contribution >= 0.6 is 11.3 Å². The number of sulfone groups is 1. The lowest BCUT2D eigenvalue weighted by Gasteiger charge is -2.42. The number of likely N-dealkylation sites (tertiary alicyclic amines) is 1. The summed E-state index contributed by atoms with van der Waals surface area (Å²) >= 11 is 1.51. The number of rotatable bonds is 3. The quantitative estimate of drug-likeness (QED) is 0.312. The largest absolute Gasteiger partial charge is 0.389 e. The number of hydrogen-bond acceptors (Lipinski definition) is 13. The molecule has 49 heavy (non-hydrogen) atoms. The highest BCUT2D eigenvalue weighted by molar-refractivity contribution is 7.91. The molecule has 0 bridgehead atoms. The van der Waals surface area contributed by atoms with Crippen molar-refractivity contribution in [3.63, 3.8) is 0 Å². The summed E-state index contributed by atoms with van der Waals surface area (Å²) in [5, 5.41) is 31.9. The maximum Gasteiger partial charge on any atom is 0.200 e. The number of fused-ring (bicyclic) bond motifs is 6. The average molecular weight is 704 g/mol. The predicted octanol–water partition coefficient (Wildman–Crippen LogP) is 4.12. The van der Waals surface area contributed by atoms with Crippen molar-refractivity contribution in [2.45, 2.75) is 112 Å². The molecule has 7 heterocycles. The molecule has 15 heteroatoms. The van der Waals surface area contributed by atoms with Gasteiger partial charge in [-0.15, -0.1) is 11.3 Å². The highest BCUT2D eigenvalue weighted by atomic mass is 32.2. The topological polar surface area (TPSA) is 180 Å². The van der Waals surface area contributed by atoms with Gasteiger partial charge in [-0.1, -0.05) is 5.16 Å². The first-order valence-corrected chi connectivity index (χ1v) is 19.9. The van der Waals surface area contributed by atoms with E-state index in [4.69, 9.17) is 25.3 Å². The van der Waals surface area contributed by atoms with E-state index in [0.717, 1.165) is 73.3 Å². The molecule has 1 spiro atoms. The summed E-state index contributed by atoms with van der Waals surface area (Å²) in [4.78, 5) is 15.7. The van der Waals surface area contributed by atoms with Crippen LogP contribution in [0.3, 0.4) is 0 Å². The lowest BCUT2D eigenvalue weighted by molar-refractivity contribution is 0.0379. The van der Waals surface area contributed by atoms with Crippen LogP contribution in [0.25, 0.3) is 22.6 Å². The van der Waals surface area contributed by atoms with Gasteiger partial charge in [-0.25, -0.2) is 23.1 Å². The Morgan fingerprint density at radius 3 is 2.71 bits per heavy atom. The molecule has 0 amide bonds. The summed E-state index contributed by atoms with van der Waals surface area (Å²) in [5.74, 6) is 1.48. The Kier molecular flexibility index (Phi) is 6.87. The van der Waals surface area contributed by atoms with Gasteiger partial charge in [-0.05, 0) is 97.2 Å². The standard InChI is InChI=1S/C34H41N9O4S2/c1-18(22-8-6-14-41(22)3)43-31-24-30(42-17-33(2,44)13-10-19(42)16-49(45,46)32(24)39-43)37-29(38-31)26-20-7-4-11-34(27(20)47-40-26)12-5-9-23-25(34)21(15-35)28(36)48-23/h18-19,22,44H,4-14,16-17,36H2,1-3H3/t18-,19+,22-,33+,34-/m0/s1. The molecule has 4 aromatic heterocycles. The molecule has 0 saturated carbocycles. The number of hydrogen-bond donors (Lipinski definition) is 2. The van der Waals surface area contributed by atoms with Crippen LogP contribution < -0.4 is 10.6 Å². The molecule has 13 nitrogen and oxygen atoms in total. The molecule has 5 aliphatic rings. The third kappa shape index (κ3) is 4.49. The fourth-order valence-electron chi connectivity index (χ4n) is 9.69.